The Balaban J connectivity index is 2.11. The first kappa shape index (κ1) is 14.8. The maximum absolute atomic E-state index is 12.3. The molecule has 1 saturated heterocycles. The van der Waals surface area contributed by atoms with Crippen molar-refractivity contribution in [2.24, 2.45) is 5.92 Å². The van der Waals surface area contributed by atoms with E-state index in [0.29, 0.717) is 18.0 Å². The molecule has 2 heterocycles. The van der Waals surface area contributed by atoms with E-state index in [-0.39, 0.29) is 5.82 Å². The zero-order valence-electron chi connectivity index (χ0n) is 10.8. The lowest BCUT2D eigenvalue weighted by Gasteiger charge is -2.22. The van der Waals surface area contributed by atoms with Crippen LogP contribution in [0.3, 0.4) is 0 Å². The van der Waals surface area contributed by atoms with Crippen LogP contribution < -0.4 is 11.1 Å². The highest BCUT2D eigenvalue weighted by molar-refractivity contribution is 6.03. The summed E-state index contributed by atoms with van der Waals surface area (Å²) in [5.74, 6) is -1.90. The van der Waals surface area contributed by atoms with Crippen LogP contribution in [0, 0.1) is 5.92 Å². The first-order valence-electron chi connectivity index (χ1n) is 6.45. The molecule has 3 N–H and O–H groups in total. The van der Waals surface area contributed by atoms with E-state index in [1.807, 2.05) is 0 Å². The Kier molecular flexibility index (Phi) is 4.27. The molecule has 0 aromatic carbocycles. The number of anilines is 1. The van der Waals surface area contributed by atoms with E-state index in [9.17, 15) is 18.0 Å². The van der Waals surface area contributed by atoms with Crippen LogP contribution in [0.15, 0.2) is 12.1 Å². The van der Waals surface area contributed by atoms with Gasteiger partial charge in [0.1, 0.15) is 5.82 Å². The van der Waals surface area contributed by atoms with Gasteiger partial charge >= 0.3 is 6.18 Å². The Morgan fingerprint density at radius 2 is 2.20 bits per heavy atom. The van der Waals surface area contributed by atoms with Gasteiger partial charge in [-0.3, -0.25) is 4.79 Å². The predicted octanol–water partition coefficient (Wildman–Crippen LogP) is 1.95. The fraction of sp³-hybridized carbons (Fsp3) is 0.538. The zero-order chi connectivity index (χ0) is 14.8. The van der Waals surface area contributed by atoms with Crippen molar-refractivity contribution < 1.29 is 18.0 Å². The molecule has 0 spiro atoms. The molecule has 1 fully saturated rings. The second-order valence-electron chi connectivity index (χ2n) is 4.98. The maximum atomic E-state index is 12.3. The second kappa shape index (κ2) is 5.78. The Morgan fingerprint density at radius 1 is 1.45 bits per heavy atom. The van der Waals surface area contributed by atoms with Gasteiger partial charge in [0.15, 0.2) is 0 Å². The number of nitrogens with zero attached hydrogens (tertiary/aromatic N) is 1. The molecule has 1 aromatic heterocycles. The van der Waals surface area contributed by atoms with E-state index in [1.54, 1.807) is 0 Å². The Bertz CT molecular complexity index is 496. The van der Waals surface area contributed by atoms with E-state index in [0.717, 1.165) is 32.0 Å². The van der Waals surface area contributed by atoms with E-state index >= 15 is 0 Å². The topological polar surface area (TPSA) is 68.0 Å². The van der Waals surface area contributed by atoms with Crippen LogP contribution in [-0.2, 0) is 6.42 Å². The summed E-state index contributed by atoms with van der Waals surface area (Å²) in [7, 11) is 0. The lowest BCUT2D eigenvalue weighted by atomic mass is 9.94. The number of carbonyl (C=O) groups is 1. The molecule has 0 saturated carbocycles. The predicted molar refractivity (Wildman–Crippen MR) is 68.3 cm³/mol. The first-order chi connectivity index (χ1) is 9.38. The zero-order valence-corrected chi connectivity index (χ0v) is 10.8. The molecule has 0 bridgehead atoms. The number of nitrogens with one attached hydrogen (secondary N) is 1. The number of alkyl halides is 3. The summed E-state index contributed by atoms with van der Waals surface area (Å²) in [6, 6.07) is 2.56. The summed E-state index contributed by atoms with van der Waals surface area (Å²) in [5, 5.41) is 3.26. The molecule has 1 aliphatic heterocycles. The van der Waals surface area contributed by atoms with Crippen molar-refractivity contribution >= 4 is 11.6 Å². The quantitative estimate of drug-likeness (QED) is 0.834. The van der Waals surface area contributed by atoms with Gasteiger partial charge < -0.3 is 11.1 Å². The van der Waals surface area contributed by atoms with Crippen molar-refractivity contribution in [3.05, 3.63) is 23.4 Å². The van der Waals surface area contributed by atoms with Crippen molar-refractivity contribution in [2.75, 3.05) is 18.8 Å². The van der Waals surface area contributed by atoms with Gasteiger partial charge in [0.05, 0.1) is 5.56 Å². The molecular weight excluding hydrogens is 271 g/mol. The van der Waals surface area contributed by atoms with Gasteiger partial charge in [-0.2, -0.15) is 13.2 Å². The lowest BCUT2D eigenvalue weighted by Crippen LogP contribution is -2.31. The maximum Gasteiger partial charge on any atom is 0.455 e. The van der Waals surface area contributed by atoms with Crippen molar-refractivity contribution in [3.63, 3.8) is 0 Å². The number of ketones is 1. The molecule has 1 aliphatic rings. The number of nitrogens with two attached hydrogens (primary N) is 1. The van der Waals surface area contributed by atoms with Gasteiger partial charge in [-0.05, 0) is 50.4 Å². The number of nitrogen functional groups attached to an aromatic ring is 1. The largest absolute Gasteiger partial charge is 0.455 e. The normalized spacial score (nSPS) is 19.9. The van der Waals surface area contributed by atoms with Crippen molar-refractivity contribution in [1.29, 1.82) is 0 Å². The first-order valence-corrected chi connectivity index (χ1v) is 6.45. The molecule has 20 heavy (non-hydrogen) atoms. The second-order valence-corrected chi connectivity index (χ2v) is 4.98. The molecule has 1 unspecified atom stereocenters. The van der Waals surface area contributed by atoms with Crippen LogP contribution in [0.5, 0.6) is 0 Å². The third-order valence-corrected chi connectivity index (χ3v) is 3.38. The van der Waals surface area contributed by atoms with Crippen LogP contribution in [0.4, 0.5) is 19.0 Å². The van der Waals surface area contributed by atoms with Gasteiger partial charge in [-0.15, -0.1) is 0 Å². The monoisotopic (exact) mass is 287 g/mol. The number of Topliss-reactive ketones (excluding diaryl/α,β-unsaturated/α-hetero) is 1. The summed E-state index contributed by atoms with van der Waals surface area (Å²) in [5.41, 5.74) is 5.52. The Hall–Kier alpha value is -1.63. The van der Waals surface area contributed by atoms with Crippen molar-refractivity contribution in [1.82, 2.24) is 10.3 Å². The smallest absolute Gasteiger partial charge is 0.383 e. The SMILES string of the molecule is Nc1nc(CC2CCCNC2)ccc1C(=O)C(F)(F)F. The van der Waals surface area contributed by atoms with Crippen molar-refractivity contribution in [3.8, 4) is 0 Å². The molecular formula is C13H16F3N3O. The average Bonchev–Trinajstić information content (AvgIpc) is 2.38. The number of hydrogen-bond donors (Lipinski definition) is 2. The third kappa shape index (κ3) is 3.47. The van der Waals surface area contributed by atoms with Crippen molar-refractivity contribution in [2.45, 2.75) is 25.4 Å². The van der Waals surface area contributed by atoms with E-state index < -0.39 is 17.5 Å². The minimum atomic E-state index is -4.93. The number of rotatable bonds is 3. The molecule has 4 nitrogen and oxygen atoms in total. The van der Waals surface area contributed by atoms with Crippen LogP contribution in [0.25, 0.3) is 0 Å². The molecule has 1 aromatic rings. The van der Waals surface area contributed by atoms with Crippen LogP contribution in [0.1, 0.15) is 28.9 Å². The van der Waals surface area contributed by atoms with Gasteiger partial charge in [-0.25, -0.2) is 4.98 Å². The molecule has 0 radical (unpaired) electrons. The van der Waals surface area contributed by atoms with Gasteiger partial charge in [0, 0.05) is 5.69 Å². The molecule has 1 atom stereocenters. The van der Waals surface area contributed by atoms with E-state index in [4.69, 9.17) is 5.73 Å². The summed E-state index contributed by atoms with van der Waals surface area (Å²) < 4.78 is 37.0. The number of carbonyl (C=O) groups excluding carboxylic acids is 1. The van der Waals surface area contributed by atoms with Crippen LogP contribution in [0.2, 0.25) is 0 Å². The number of hydrogen-bond acceptors (Lipinski definition) is 4. The summed E-state index contributed by atoms with van der Waals surface area (Å²) >= 11 is 0. The highest BCUT2D eigenvalue weighted by Crippen LogP contribution is 2.25. The molecule has 110 valence electrons. The average molecular weight is 287 g/mol. The van der Waals surface area contributed by atoms with Crippen LogP contribution in [-0.4, -0.2) is 30.0 Å². The number of halogens is 3. The standard InChI is InChI=1S/C13H16F3N3O/c14-13(15,16)11(20)10-4-3-9(19-12(10)17)6-8-2-1-5-18-7-8/h3-4,8,18H,1-2,5-7H2,(H2,17,19). The number of piperidine rings is 1. The van der Waals surface area contributed by atoms with Gasteiger partial charge in [-0.1, -0.05) is 0 Å². The fourth-order valence-electron chi connectivity index (χ4n) is 2.37. The number of aromatic nitrogens is 1. The van der Waals surface area contributed by atoms with E-state index in [1.165, 1.54) is 6.07 Å². The third-order valence-electron chi connectivity index (χ3n) is 3.38. The molecule has 7 heteroatoms. The highest BCUT2D eigenvalue weighted by Gasteiger charge is 2.40. The summed E-state index contributed by atoms with van der Waals surface area (Å²) in [4.78, 5) is 15.1. The van der Waals surface area contributed by atoms with Gasteiger partial charge in [0.2, 0.25) is 0 Å². The Morgan fingerprint density at radius 3 is 2.75 bits per heavy atom. The Labute approximate surface area is 114 Å². The minimum absolute atomic E-state index is 0.353. The lowest BCUT2D eigenvalue weighted by molar-refractivity contribution is -0.0884. The number of pyridine rings is 1. The molecule has 2 rings (SSSR count). The van der Waals surface area contributed by atoms with Gasteiger partial charge in [0.25, 0.3) is 5.78 Å². The minimum Gasteiger partial charge on any atom is -0.383 e. The molecule has 0 amide bonds. The van der Waals surface area contributed by atoms with E-state index in [2.05, 4.69) is 10.3 Å². The molecule has 0 aliphatic carbocycles. The highest BCUT2D eigenvalue weighted by atomic mass is 19.4. The van der Waals surface area contributed by atoms with Crippen LogP contribution >= 0.6 is 0 Å². The summed E-state index contributed by atoms with van der Waals surface area (Å²) in [6.07, 6.45) is -2.15. The summed E-state index contributed by atoms with van der Waals surface area (Å²) in [6.45, 7) is 1.86. The fourth-order valence-corrected chi connectivity index (χ4v) is 2.37.